The van der Waals surface area contributed by atoms with Gasteiger partial charge >= 0.3 is 0 Å². The lowest BCUT2D eigenvalue weighted by atomic mass is 10.1. The van der Waals surface area contributed by atoms with Crippen LogP contribution < -0.4 is 5.32 Å². The second-order valence-electron chi connectivity index (χ2n) is 7.70. The molecule has 2 heterocycles. The number of piperidine rings is 1. The van der Waals surface area contributed by atoms with Crippen molar-refractivity contribution in [1.82, 2.24) is 19.7 Å². The van der Waals surface area contributed by atoms with Gasteiger partial charge in [-0.15, -0.1) is 10.2 Å². The molecule has 1 aliphatic heterocycles. The van der Waals surface area contributed by atoms with Crippen LogP contribution in [0.5, 0.6) is 0 Å². The van der Waals surface area contributed by atoms with Crippen molar-refractivity contribution >= 4 is 23.4 Å². The first-order valence-corrected chi connectivity index (χ1v) is 11.5. The van der Waals surface area contributed by atoms with Gasteiger partial charge in [0.05, 0.1) is 12.3 Å². The number of nitrogens with one attached hydrogen (secondary N) is 1. The van der Waals surface area contributed by atoms with Crippen molar-refractivity contribution in [3.8, 4) is 5.69 Å². The molecular formula is C23H26FN5OS. The van der Waals surface area contributed by atoms with E-state index in [1.54, 1.807) is 12.1 Å². The third-order valence-corrected chi connectivity index (χ3v) is 6.28. The molecule has 162 valence electrons. The summed E-state index contributed by atoms with van der Waals surface area (Å²) in [6.07, 6.45) is 3.63. The third-order valence-electron chi connectivity index (χ3n) is 5.35. The summed E-state index contributed by atoms with van der Waals surface area (Å²) in [5.74, 6) is 0.610. The molecule has 4 rings (SSSR count). The van der Waals surface area contributed by atoms with Gasteiger partial charge in [0.1, 0.15) is 5.82 Å². The number of aryl methyl sites for hydroxylation is 1. The van der Waals surface area contributed by atoms with Crippen molar-refractivity contribution in [3.05, 3.63) is 65.7 Å². The number of thioether (sulfide) groups is 1. The molecule has 0 saturated carbocycles. The van der Waals surface area contributed by atoms with E-state index >= 15 is 0 Å². The second kappa shape index (κ2) is 10.1. The van der Waals surface area contributed by atoms with Crippen molar-refractivity contribution in [2.45, 2.75) is 37.9 Å². The largest absolute Gasteiger partial charge is 0.325 e. The Bertz CT molecular complexity index is 1030. The molecule has 3 aromatic rings. The van der Waals surface area contributed by atoms with Crippen LogP contribution in [-0.4, -0.2) is 44.4 Å². The van der Waals surface area contributed by atoms with Crippen molar-refractivity contribution in [3.63, 3.8) is 0 Å². The number of carbonyl (C=O) groups is 1. The maximum absolute atomic E-state index is 13.5. The molecule has 1 N–H and O–H groups in total. The van der Waals surface area contributed by atoms with E-state index in [0.717, 1.165) is 35.9 Å². The van der Waals surface area contributed by atoms with Crippen LogP contribution in [-0.2, 0) is 11.3 Å². The number of anilines is 1. The zero-order chi connectivity index (χ0) is 21.6. The molecule has 0 bridgehead atoms. The van der Waals surface area contributed by atoms with Gasteiger partial charge in [0.2, 0.25) is 5.91 Å². The van der Waals surface area contributed by atoms with Crippen LogP contribution >= 0.6 is 11.8 Å². The van der Waals surface area contributed by atoms with Crippen molar-refractivity contribution in [2.24, 2.45) is 0 Å². The zero-order valence-electron chi connectivity index (χ0n) is 17.6. The van der Waals surface area contributed by atoms with Crippen LogP contribution in [0.2, 0.25) is 0 Å². The Morgan fingerprint density at radius 1 is 1.06 bits per heavy atom. The van der Waals surface area contributed by atoms with Gasteiger partial charge in [-0.25, -0.2) is 4.39 Å². The lowest BCUT2D eigenvalue weighted by molar-refractivity contribution is -0.113. The number of rotatable bonds is 7. The molecule has 0 atom stereocenters. The number of halogens is 1. The highest BCUT2D eigenvalue weighted by molar-refractivity contribution is 7.99. The number of hydrogen-bond acceptors (Lipinski definition) is 5. The summed E-state index contributed by atoms with van der Waals surface area (Å²) in [6.45, 7) is 4.72. The molecule has 2 aromatic carbocycles. The normalized spacial score (nSPS) is 14.5. The van der Waals surface area contributed by atoms with Crippen LogP contribution in [0.1, 0.15) is 30.7 Å². The number of nitrogens with zero attached hydrogens (tertiary/aromatic N) is 4. The van der Waals surface area contributed by atoms with Crippen LogP contribution in [0.15, 0.2) is 53.7 Å². The first kappa shape index (κ1) is 21.5. The van der Waals surface area contributed by atoms with E-state index in [1.807, 2.05) is 35.8 Å². The molecule has 0 radical (unpaired) electrons. The maximum atomic E-state index is 13.5. The first-order chi connectivity index (χ1) is 15.1. The second-order valence-corrected chi connectivity index (χ2v) is 8.64. The Morgan fingerprint density at radius 3 is 2.55 bits per heavy atom. The molecule has 1 amide bonds. The molecule has 1 saturated heterocycles. The Hall–Kier alpha value is -2.71. The Labute approximate surface area is 185 Å². The standard InChI is InChI=1S/C23H26FN5OS/c1-17-7-3-4-8-20(17)25-22(30)16-31-23-27-26-21(15-28-13-5-2-6-14-28)29(23)19-11-9-18(24)10-12-19/h3-4,7-12H,2,5-6,13-16H2,1H3,(H,25,30). The lowest BCUT2D eigenvalue weighted by Gasteiger charge is -2.26. The molecule has 6 nitrogen and oxygen atoms in total. The molecule has 0 unspecified atom stereocenters. The quantitative estimate of drug-likeness (QED) is 0.552. The smallest absolute Gasteiger partial charge is 0.234 e. The average Bonchev–Trinajstić information content (AvgIpc) is 3.17. The van der Waals surface area contributed by atoms with E-state index in [9.17, 15) is 9.18 Å². The van der Waals surface area contributed by atoms with Crippen LogP contribution in [0, 0.1) is 12.7 Å². The fourth-order valence-corrected chi connectivity index (χ4v) is 4.46. The number of para-hydroxylation sites is 1. The van der Waals surface area contributed by atoms with Gasteiger partial charge in [-0.2, -0.15) is 0 Å². The lowest BCUT2D eigenvalue weighted by Crippen LogP contribution is -2.30. The monoisotopic (exact) mass is 439 g/mol. The summed E-state index contributed by atoms with van der Waals surface area (Å²) < 4.78 is 15.4. The number of aromatic nitrogens is 3. The van der Waals surface area contributed by atoms with Gasteiger partial charge in [0.25, 0.3) is 0 Å². The summed E-state index contributed by atoms with van der Waals surface area (Å²) in [7, 11) is 0. The van der Waals surface area contributed by atoms with E-state index in [1.165, 1.54) is 43.2 Å². The van der Waals surface area contributed by atoms with Crippen molar-refractivity contribution < 1.29 is 9.18 Å². The summed E-state index contributed by atoms with van der Waals surface area (Å²) in [4.78, 5) is 14.9. The Kier molecular flexibility index (Phi) is 6.99. The zero-order valence-corrected chi connectivity index (χ0v) is 18.4. The van der Waals surface area contributed by atoms with Gasteiger partial charge in [-0.05, 0) is 68.8 Å². The Morgan fingerprint density at radius 2 is 1.81 bits per heavy atom. The van der Waals surface area contributed by atoms with Crippen molar-refractivity contribution in [2.75, 3.05) is 24.2 Å². The number of carbonyl (C=O) groups excluding carboxylic acids is 1. The summed E-state index contributed by atoms with van der Waals surface area (Å²) in [6, 6.07) is 14.0. The van der Waals surface area contributed by atoms with E-state index in [4.69, 9.17) is 0 Å². The highest BCUT2D eigenvalue weighted by atomic mass is 32.2. The molecular weight excluding hydrogens is 413 g/mol. The molecule has 0 aliphatic carbocycles. The first-order valence-electron chi connectivity index (χ1n) is 10.5. The van der Waals surface area contributed by atoms with Gasteiger partial charge in [-0.3, -0.25) is 14.3 Å². The molecule has 0 spiro atoms. The Balaban J connectivity index is 1.51. The van der Waals surface area contributed by atoms with E-state index < -0.39 is 0 Å². The minimum absolute atomic E-state index is 0.106. The number of benzene rings is 2. The van der Waals surface area contributed by atoms with E-state index in [-0.39, 0.29) is 17.5 Å². The van der Waals surface area contributed by atoms with E-state index in [0.29, 0.717) is 11.7 Å². The highest BCUT2D eigenvalue weighted by Gasteiger charge is 2.19. The maximum Gasteiger partial charge on any atom is 0.234 e. The minimum atomic E-state index is -0.291. The number of amides is 1. The fourth-order valence-electron chi connectivity index (χ4n) is 3.69. The minimum Gasteiger partial charge on any atom is -0.325 e. The van der Waals surface area contributed by atoms with Crippen LogP contribution in [0.3, 0.4) is 0 Å². The fraction of sp³-hybridized carbons (Fsp3) is 0.348. The third kappa shape index (κ3) is 5.51. The summed E-state index contributed by atoms with van der Waals surface area (Å²) >= 11 is 1.33. The molecule has 31 heavy (non-hydrogen) atoms. The molecule has 1 aromatic heterocycles. The van der Waals surface area contributed by atoms with Gasteiger partial charge < -0.3 is 5.32 Å². The molecule has 1 aliphatic rings. The van der Waals surface area contributed by atoms with Crippen LogP contribution in [0.25, 0.3) is 5.69 Å². The van der Waals surface area contributed by atoms with Gasteiger partial charge in [0.15, 0.2) is 11.0 Å². The number of hydrogen-bond donors (Lipinski definition) is 1. The summed E-state index contributed by atoms with van der Waals surface area (Å²) in [5, 5.41) is 12.3. The van der Waals surface area contributed by atoms with Gasteiger partial charge in [0, 0.05) is 11.4 Å². The van der Waals surface area contributed by atoms with Crippen LogP contribution in [0.4, 0.5) is 10.1 Å². The van der Waals surface area contributed by atoms with Gasteiger partial charge in [-0.1, -0.05) is 36.4 Å². The average molecular weight is 440 g/mol. The molecule has 1 fully saturated rings. The summed E-state index contributed by atoms with van der Waals surface area (Å²) in [5.41, 5.74) is 2.61. The predicted octanol–water partition coefficient (Wildman–Crippen LogP) is 4.43. The topological polar surface area (TPSA) is 63.1 Å². The predicted molar refractivity (Wildman–Crippen MR) is 121 cm³/mol. The highest BCUT2D eigenvalue weighted by Crippen LogP contribution is 2.24. The molecule has 8 heteroatoms. The van der Waals surface area contributed by atoms with E-state index in [2.05, 4.69) is 20.4 Å². The number of likely N-dealkylation sites (tertiary alicyclic amines) is 1. The SMILES string of the molecule is Cc1ccccc1NC(=O)CSc1nnc(CN2CCCCC2)n1-c1ccc(F)cc1. The van der Waals surface area contributed by atoms with Crippen molar-refractivity contribution in [1.29, 1.82) is 0 Å².